The fourth-order valence-electron chi connectivity index (χ4n) is 1.99. The van der Waals surface area contributed by atoms with E-state index in [2.05, 4.69) is 5.32 Å². The molecule has 1 aromatic carbocycles. The molecule has 1 saturated heterocycles. The van der Waals surface area contributed by atoms with Gasteiger partial charge in [0.05, 0.1) is 24.7 Å². The summed E-state index contributed by atoms with van der Waals surface area (Å²) in [6.45, 7) is 2.76. The molecule has 1 fully saturated rings. The Balaban J connectivity index is 1.61. The molecular formula is C15H19FN2O3S. The lowest BCUT2D eigenvalue weighted by atomic mass is 10.2. The minimum atomic E-state index is -0.299. The van der Waals surface area contributed by atoms with E-state index in [0.29, 0.717) is 38.6 Å². The first kappa shape index (κ1) is 16.8. The molecule has 1 N–H and O–H groups in total. The van der Waals surface area contributed by atoms with Crippen LogP contribution in [0.5, 0.6) is 0 Å². The number of amides is 2. The molecule has 0 unspecified atom stereocenters. The molecule has 0 aromatic heterocycles. The summed E-state index contributed by atoms with van der Waals surface area (Å²) in [4.78, 5) is 25.3. The molecule has 0 aliphatic carbocycles. The zero-order valence-corrected chi connectivity index (χ0v) is 13.0. The maximum Gasteiger partial charge on any atom is 0.232 e. The number of hydrogen-bond donors (Lipinski definition) is 1. The quantitative estimate of drug-likeness (QED) is 0.848. The summed E-state index contributed by atoms with van der Waals surface area (Å²) in [6, 6.07) is 5.98. The average molecular weight is 326 g/mol. The number of ether oxygens (including phenoxy) is 1. The molecule has 120 valence electrons. The monoisotopic (exact) mass is 326 g/mol. The first-order chi connectivity index (χ1) is 10.6. The predicted octanol–water partition coefficient (Wildman–Crippen LogP) is 1.03. The van der Waals surface area contributed by atoms with E-state index in [9.17, 15) is 14.0 Å². The Labute approximate surface area is 133 Å². The number of morpholine rings is 1. The summed E-state index contributed by atoms with van der Waals surface area (Å²) in [6.07, 6.45) is 0. The molecule has 0 atom stereocenters. The van der Waals surface area contributed by atoms with Gasteiger partial charge in [-0.1, -0.05) is 12.1 Å². The number of halogens is 1. The van der Waals surface area contributed by atoms with Crippen LogP contribution in [0.1, 0.15) is 5.56 Å². The second-order valence-electron chi connectivity index (χ2n) is 4.89. The zero-order chi connectivity index (χ0) is 15.8. The lowest BCUT2D eigenvalue weighted by Gasteiger charge is -2.26. The summed E-state index contributed by atoms with van der Waals surface area (Å²) < 4.78 is 17.9. The topological polar surface area (TPSA) is 58.6 Å². The van der Waals surface area contributed by atoms with Crippen molar-refractivity contribution < 1.29 is 18.7 Å². The van der Waals surface area contributed by atoms with Crippen molar-refractivity contribution in [3.05, 3.63) is 35.6 Å². The number of rotatable bonds is 6. The Hall–Kier alpha value is -1.60. The van der Waals surface area contributed by atoms with E-state index >= 15 is 0 Å². The van der Waals surface area contributed by atoms with Gasteiger partial charge < -0.3 is 15.0 Å². The van der Waals surface area contributed by atoms with Crippen molar-refractivity contribution in [3.63, 3.8) is 0 Å². The van der Waals surface area contributed by atoms with Crippen molar-refractivity contribution >= 4 is 23.6 Å². The molecule has 0 saturated carbocycles. The average Bonchev–Trinajstić information content (AvgIpc) is 2.55. The Morgan fingerprint density at radius 2 is 1.86 bits per heavy atom. The third kappa shape index (κ3) is 5.65. The number of thioether (sulfide) groups is 1. The summed E-state index contributed by atoms with van der Waals surface area (Å²) in [5.41, 5.74) is 0.837. The smallest absolute Gasteiger partial charge is 0.232 e. The number of nitrogens with zero attached hydrogens (tertiary/aromatic N) is 1. The predicted molar refractivity (Wildman–Crippen MR) is 83.0 cm³/mol. The van der Waals surface area contributed by atoms with Crippen LogP contribution >= 0.6 is 11.8 Å². The largest absolute Gasteiger partial charge is 0.378 e. The van der Waals surface area contributed by atoms with Crippen molar-refractivity contribution in [1.82, 2.24) is 10.2 Å². The van der Waals surface area contributed by atoms with Crippen LogP contribution in [0.4, 0.5) is 4.39 Å². The molecule has 7 heteroatoms. The van der Waals surface area contributed by atoms with Crippen LogP contribution in [0.25, 0.3) is 0 Å². The number of benzene rings is 1. The summed E-state index contributed by atoms with van der Waals surface area (Å²) in [5, 5.41) is 2.74. The molecule has 1 aromatic rings. The van der Waals surface area contributed by atoms with Crippen LogP contribution in [0.3, 0.4) is 0 Å². The summed E-state index contributed by atoms with van der Waals surface area (Å²) in [7, 11) is 0. The molecule has 5 nitrogen and oxygen atoms in total. The van der Waals surface area contributed by atoms with Crippen LogP contribution in [-0.4, -0.2) is 54.5 Å². The van der Waals surface area contributed by atoms with E-state index in [1.54, 1.807) is 17.0 Å². The molecule has 2 amide bonds. The van der Waals surface area contributed by atoms with Crippen LogP contribution in [0.2, 0.25) is 0 Å². The molecule has 22 heavy (non-hydrogen) atoms. The van der Waals surface area contributed by atoms with Crippen LogP contribution < -0.4 is 5.32 Å². The third-order valence-electron chi connectivity index (χ3n) is 3.23. The standard InChI is InChI=1S/C15H19FN2O3S/c16-13-3-1-12(2-4-13)9-17-14(19)10-22-11-15(20)18-5-7-21-8-6-18/h1-4H,5-11H2,(H,17,19). The molecule has 1 heterocycles. The van der Waals surface area contributed by atoms with E-state index in [1.807, 2.05) is 0 Å². The number of nitrogens with one attached hydrogen (secondary N) is 1. The third-order valence-corrected chi connectivity index (χ3v) is 4.14. The van der Waals surface area contributed by atoms with Gasteiger partial charge in [0.2, 0.25) is 11.8 Å². The first-order valence-electron chi connectivity index (χ1n) is 7.09. The van der Waals surface area contributed by atoms with Gasteiger partial charge in [-0.25, -0.2) is 4.39 Å². The van der Waals surface area contributed by atoms with Gasteiger partial charge in [-0.2, -0.15) is 0 Å². The Bertz CT molecular complexity index is 504. The van der Waals surface area contributed by atoms with Crippen LogP contribution in [0.15, 0.2) is 24.3 Å². The normalized spacial score (nSPS) is 14.7. The van der Waals surface area contributed by atoms with E-state index in [0.717, 1.165) is 5.56 Å². The van der Waals surface area contributed by atoms with Gasteiger partial charge in [-0.3, -0.25) is 9.59 Å². The van der Waals surface area contributed by atoms with Gasteiger partial charge in [0.1, 0.15) is 5.82 Å². The SMILES string of the molecule is O=C(CSCC(=O)N1CCOCC1)NCc1ccc(F)cc1. The number of carbonyl (C=O) groups excluding carboxylic acids is 2. The number of hydrogen-bond acceptors (Lipinski definition) is 4. The van der Waals surface area contributed by atoms with Crippen molar-refractivity contribution in [2.75, 3.05) is 37.8 Å². The van der Waals surface area contributed by atoms with E-state index in [-0.39, 0.29) is 23.4 Å². The molecule has 1 aliphatic heterocycles. The summed E-state index contributed by atoms with van der Waals surface area (Å²) in [5.74, 6) is 0.136. The van der Waals surface area contributed by atoms with Gasteiger partial charge >= 0.3 is 0 Å². The van der Waals surface area contributed by atoms with E-state index in [4.69, 9.17) is 4.74 Å². The second-order valence-corrected chi connectivity index (χ2v) is 5.87. The second kappa shape index (κ2) is 8.75. The minimum Gasteiger partial charge on any atom is -0.378 e. The van der Waals surface area contributed by atoms with Gasteiger partial charge in [-0.15, -0.1) is 11.8 Å². The molecule has 1 aliphatic rings. The van der Waals surface area contributed by atoms with Crippen molar-refractivity contribution in [3.8, 4) is 0 Å². The Morgan fingerprint density at radius 3 is 2.55 bits per heavy atom. The van der Waals surface area contributed by atoms with Gasteiger partial charge in [0.25, 0.3) is 0 Å². The minimum absolute atomic E-state index is 0.0413. The molecule has 0 spiro atoms. The van der Waals surface area contributed by atoms with Crippen LogP contribution in [0, 0.1) is 5.82 Å². The van der Waals surface area contributed by atoms with Gasteiger partial charge in [0, 0.05) is 19.6 Å². The van der Waals surface area contributed by atoms with Gasteiger partial charge in [-0.05, 0) is 17.7 Å². The van der Waals surface area contributed by atoms with Gasteiger partial charge in [0.15, 0.2) is 0 Å². The fourth-order valence-corrected chi connectivity index (χ4v) is 2.74. The van der Waals surface area contributed by atoms with Crippen molar-refractivity contribution in [1.29, 1.82) is 0 Å². The molecule has 2 rings (SSSR count). The fraction of sp³-hybridized carbons (Fsp3) is 0.467. The highest BCUT2D eigenvalue weighted by molar-refractivity contribution is 8.00. The molecule has 0 bridgehead atoms. The molecule has 0 radical (unpaired) electrons. The number of carbonyl (C=O) groups is 2. The zero-order valence-electron chi connectivity index (χ0n) is 12.2. The Kier molecular flexibility index (Phi) is 6.67. The molecular weight excluding hydrogens is 307 g/mol. The first-order valence-corrected chi connectivity index (χ1v) is 8.25. The maximum absolute atomic E-state index is 12.7. The van der Waals surface area contributed by atoms with E-state index in [1.165, 1.54) is 23.9 Å². The van der Waals surface area contributed by atoms with Crippen molar-refractivity contribution in [2.45, 2.75) is 6.54 Å². The Morgan fingerprint density at radius 1 is 1.18 bits per heavy atom. The highest BCUT2D eigenvalue weighted by atomic mass is 32.2. The maximum atomic E-state index is 12.7. The highest BCUT2D eigenvalue weighted by Gasteiger charge is 2.16. The van der Waals surface area contributed by atoms with Crippen molar-refractivity contribution in [2.24, 2.45) is 0 Å². The lowest BCUT2D eigenvalue weighted by molar-refractivity contribution is -0.132. The highest BCUT2D eigenvalue weighted by Crippen LogP contribution is 2.06. The van der Waals surface area contributed by atoms with Crippen LogP contribution in [-0.2, 0) is 20.9 Å². The van der Waals surface area contributed by atoms with E-state index < -0.39 is 0 Å². The lowest BCUT2D eigenvalue weighted by Crippen LogP contribution is -2.41. The summed E-state index contributed by atoms with van der Waals surface area (Å²) >= 11 is 1.30.